The van der Waals surface area contributed by atoms with E-state index < -0.39 is 5.97 Å². The molecule has 0 radical (unpaired) electrons. The van der Waals surface area contributed by atoms with Crippen molar-refractivity contribution in [3.05, 3.63) is 0 Å². The van der Waals surface area contributed by atoms with Gasteiger partial charge in [-0.15, -0.1) is 0 Å². The summed E-state index contributed by atoms with van der Waals surface area (Å²) < 4.78 is -0.0120. The first-order valence-electron chi connectivity index (χ1n) is 5.62. The highest BCUT2D eigenvalue weighted by atomic mass is 32.2. The largest absolute Gasteiger partial charge is 0.481 e. The summed E-state index contributed by atoms with van der Waals surface area (Å²) in [4.78, 5) is 23.7. The highest BCUT2D eigenvalue weighted by Crippen LogP contribution is 2.19. The third-order valence-electron chi connectivity index (χ3n) is 2.48. The van der Waals surface area contributed by atoms with Crippen molar-refractivity contribution in [2.45, 2.75) is 31.9 Å². The zero-order valence-corrected chi connectivity index (χ0v) is 11.8. The van der Waals surface area contributed by atoms with Gasteiger partial charge in [-0.05, 0) is 27.0 Å². The molecule has 0 fully saturated rings. The van der Waals surface area contributed by atoms with Crippen LogP contribution in [0.4, 0.5) is 4.79 Å². The number of nitrogens with one attached hydrogen (secondary N) is 1. The molecule has 0 aliphatic rings. The molecule has 0 rings (SSSR count). The first-order valence-corrected chi connectivity index (χ1v) is 6.84. The van der Waals surface area contributed by atoms with E-state index in [0.717, 1.165) is 0 Å². The van der Waals surface area contributed by atoms with Crippen molar-refractivity contribution >= 4 is 23.8 Å². The van der Waals surface area contributed by atoms with Crippen LogP contribution < -0.4 is 5.32 Å². The zero-order valence-electron chi connectivity index (χ0n) is 10.9. The molecular weight excluding hydrogens is 240 g/mol. The van der Waals surface area contributed by atoms with E-state index >= 15 is 0 Å². The molecule has 5 nitrogen and oxygen atoms in total. The van der Waals surface area contributed by atoms with Gasteiger partial charge < -0.3 is 15.3 Å². The van der Waals surface area contributed by atoms with Gasteiger partial charge in [0, 0.05) is 24.4 Å². The maximum Gasteiger partial charge on any atom is 0.317 e. The molecule has 0 saturated carbocycles. The first-order chi connectivity index (χ1) is 7.82. The maximum absolute atomic E-state index is 11.8. The van der Waals surface area contributed by atoms with Gasteiger partial charge in [0.25, 0.3) is 0 Å². The van der Waals surface area contributed by atoms with Gasteiger partial charge in [-0.2, -0.15) is 11.8 Å². The number of urea groups is 1. The summed E-state index contributed by atoms with van der Waals surface area (Å²) >= 11 is 1.68. The van der Waals surface area contributed by atoms with E-state index in [1.807, 2.05) is 27.0 Å². The van der Waals surface area contributed by atoms with Crippen LogP contribution >= 0.6 is 11.8 Å². The minimum absolute atomic E-state index is 0.0120. The minimum atomic E-state index is -0.888. The predicted molar refractivity (Wildman–Crippen MR) is 70.5 cm³/mol. The molecule has 100 valence electrons. The summed E-state index contributed by atoms with van der Waals surface area (Å²) in [5.74, 6) is -0.888. The number of rotatable bonds is 7. The number of carbonyl (C=O) groups excluding carboxylic acids is 1. The summed E-state index contributed by atoms with van der Waals surface area (Å²) in [5, 5.41) is 11.4. The zero-order chi connectivity index (χ0) is 13.5. The van der Waals surface area contributed by atoms with Crippen LogP contribution in [0.1, 0.15) is 27.2 Å². The number of hydrogen-bond acceptors (Lipinski definition) is 3. The van der Waals surface area contributed by atoms with Crippen LogP contribution in [0.5, 0.6) is 0 Å². The number of hydrogen-bond donors (Lipinski definition) is 2. The number of amides is 2. The standard InChI is InChI=1S/C11H22N2O3S/c1-5-13(7-6-9(14)15)10(16)12-8-11(2,3)17-4/h5-8H2,1-4H3,(H,12,16)(H,14,15). The Kier molecular flexibility index (Phi) is 7.03. The molecule has 0 saturated heterocycles. The highest BCUT2D eigenvalue weighted by molar-refractivity contribution is 7.99. The second kappa shape index (κ2) is 7.42. The number of carbonyl (C=O) groups is 2. The van der Waals surface area contributed by atoms with Crippen LogP contribution in [-0.2, 0) is 4.79 Å². The van der Waals surface area contributed by atoms with E-state index in [1.54, 1.807) is 11.8 Å². The quantitative estimate of drug-likeness (QED) is 0.731. The Labute approximate surface area is 107 Å². The van der Waals surface area contributed by atoms with Gasteiger partial charge in [-0.1, -0.05) is 0 Å². The molecule has 17 heavy (non-hydrogen) atoms. The van der Waals surface area contributed by atoms with Crippen LogP contribution in [0.25, 0.3) is 0 Å². The number of aliphatic carboxylic acids is 1. The van der Waals surface area contributed by atoms with E-state index in [-0.39, 0.29) is 23.7 Å². The molecular formula is C11H22N2O3S. The lowest BCUT2D eigenvalue weighted by Crippen LogP contribution is -2.45. The van der Waals surface area contributed by atoms with Crippen molar-refractivity contribution in [2.24, 2.45) is 0 Å². The number of nitrogens with zero attached hydrogens (tertiary/aromatic N) is 1. The average Bonchev–Trinajstić information content (AvgIpc) is 2.27. The average molecular weight is 262 g/mol. The Balaban J connectivity index is 4.13. The molecule has 0 aliphatic carbocycles. The summed E-state index contributed by atoms with van der Waals surface area (Å²) in [6.45, 7) is 7.25. The van der Waals surface area contributed by atoms with Gasteiger partial charge in [0.15, 0.2) is 0 Å². The predicted octanol–water partition coefficient (Wildman–Crippen LogP) is 1.63. The van der Waals surface area contributed by atoms with Crippen molar-refractivity contribution in [3.8, 4) is 0 Å². The van der Waals surface area contributed by atoms with Crippen molar-refractivity contribution < 1.29 is 14.7 Å². The molecule has 6 heteroatoms. The van der Waals surface area contributed by atoms with Gasteiger partial charge >= 0.3 is 12.0 Å². The Morgan fingerprint density at radius 2 is 2.00 bits per heavy atom. The van der Waals surface area contributed by atoms with Crippen LogP contribution in [-0.4, -0.2) is 52.6 Å². The third kappa shape index (κ3) is 7.10. The van der Waals surface area contributed by atoms with E-state index in [9.17, 15) is 9.59 Å². The smallest absolute Gasteiger partial charge is 0.317 e. The van der Waals surface area contributed by atoms with E-state index in [2.05, 4.69) is 5.32 Å². The fourth-order valence-electron chi connectivity index (χ4n) is 1.11. The van der Waals surface area contributed by atoms with Crippen molar-refractivity contribution in [1.82, 2.24) is 10.2 Å². The molecule has 0 heterocycles. The van der Waals surface area contributed by atoms with Crippen LogP contribution in [0.3, 0.4) is 0 Å². The molecule has 0 unspecified atom stereocenters. The third-order valence-corrected chi connectivity index (χ3v) is 3.73. The number of carboxylic acid groups (broad SMARTS) is 1. The van der Waals surface area contributed by atoms with E-state index in [1.165, 1.54) is 4.90 Å². The van der Waals surface area contributed by atoms with E-state index in [4.69, 9.17) is 5.11 Å². The Hall–Kier alpha value is -0.910. The topological polar surface area (TPSA) is 69.6 Å². The lowest BCUT2D eigenvalue weighted by Gasteiger charge is -2.26. The summed E-state index contributed by atoms with van der Waals surface area (Å²) in [7, 11) is 0. The fourth-order valence-corrected chi connectivity index (χ4v) is 1.32. The lowest BCUT2D eigenvalue weighted by molar-refractivity contribution is -0.137. The van der Waals surface area contributed by atoms with Crippen LogP contribution in [0.2, 0.25) is 0 Å². The molecule has 0 spiro atoms. The van der Waals surface area contributed by atoms with Crippen molar-refractivity contribution in [1.29, 1.82) is 0 Å². The molecule has 0 aromatic rings. The van der Waals surface area contributed by atoms with Crippen LogP contribution in [0.15, 0.2) is 0 Å². The Bertz CT molecular complexity index is 269. The monoisotopic (exact) mass is 262 g/mol. The Morgan fingerprint density at radius 3 is 2.41 bits per heavy atom. The summed E-state index contributed by atoms with van der Waals surface area (Å²) in [6.07, 6.45) is 1.97. The molecule has 2 N–H and O–H groups in total. The summed E-state index contributed by atoms with van der Waals surface area (Å²) in [5.41, 5.74) is 0. The SMILES string of the molecule is CCN(CCC(=O)O)C(=O)NCC(C)(C)SC. The van der Waals surface area contributed by atoms with Gasteiger partial charge in [-0.25, -0.2) is 4.79 Å². The lowest BCUT2D eigenvalue weighted by atomic mass is 10.2. The molecule has 0 bridgehead atoms. The molecule has 0 aromatic heterocycles. The Morgan fingerprint density at radius 1 is 1.41 bits per heavy atom. The summed E-state index contributed by atoms with van der Waals surface area (Å²) in [6, 6.07) is -0.198. The maximum atomic E-state index is 11.8. The number of carboxylic acids is 1. The van der Waals surface area contributed by atoms with E-state index in [0.29, 0.717) is 13.1 Å². The second-order valence-electron chi connectivity index (χ2n) is 4.35. The van der Waals surface area contributed by atoms with Gasteiger partial charge in [0.1, 0.15) is 0 Å². The molecule has 0 aliphatic heterocycles. The minimum Gasteiger partial charge on any atom is -0.481 e. The molecule has 2 amide bonds. The van der Waals surface area contributed by atoms with Crippen molar-refractivity contribution in [2.75, 3.05) is 25.9 Å². The molecule has 0 aromatic carbocycles. The second-order valence-corrected chi connectivity index (χ2v) is 5.86. The van der Waals surface area contributed by atoms with Gasteiger partial charge in [-0.3, -0.25) is 4.79 Å². The normalized spacial score (nSPS) is 11.1. The van der Waals surface area contributed by atoms with Gasteiger partial charge in [0.05, 0.1) is 6.42 Å². The first kappa shape index (κ1) is 16.1. The molecule has 0 atom stereocenters. The highest BCUT2D eigenvalue weighted by Gasteiger charge is 2.19. The number of thioether (sulfide) groups is 1. The van der Waals surface area contributed by atoms with Crippen molar-refractivity contribution in [3.63, 3.8) is 0 Å². The van der Waals surface area contributed by atoms with Gasteiger partial charge in [0.2, 0.25) is 0 Å². The van der Waals surface area contributed by atoms with Crippen LogP contribution in [0, 0.1) is 0 Å². The fraction of sp³-hybridized carbons (Fsp3) is 0.818.